The van der Waals surface area contributed by atoms with Crippen LogP contribution in [0.1, 0.15) is 10.4 Å². The molecule has 2 aromatic rings. The maximum atomic E-state index is 13.5. The lowest BCUT2D eigenvalue weighted by Gasteiger charge is -2.17. The van der Waals surface area contributed by atoms with Crippen LogP contribution in [-0.2, 0) is 0 Å². The molecule has 0 aliphatic carbocycles. The highest BCUT2D eigenvalue weighted by Gasteiger charge is 2.17. The molecule has 0 unspecified atom stereocenters. The van der Waals surface area contributed by atoms with E-state index in [1.165, 1.54) is 48.3 Å². The van der Waals surface area contributed by atoms with Gasteiger partial charge in [0.1, 0.15) is 11.6 Å². The highest BCUT2D eigenvalue weighted by atomic mass is 19.1. The molecular formula is C14H11F2NO. The van der Waals surface area contributed by atoms with E-state index < -0.39 is 17.5 Å². The lowest BCUT2D eigenvalue weighted by atomic mass is 10.1. The molecule has 0 saturated heterocycles. The maximum Gasteiger partial charge on any atom is 0.260 e. The zero-order chi connectivity index (χ0) is 13.1. The van der Waals surface area contributed by atoms with Crippen LogP contribution in [0.5, 0.6) is 0 Å². The molecule has 0 atom stereocenters. The van der Waals surface area contributed by atoms with Crippen LogP contribution in [0.2, 0.25) is 0 Å². The largest absolute Gasteiger partial charge is 0.311 e. The summed E-state index contributed by atoms with van der Waals surface area (Å²) in [5, 5.41) is 0. The van der Waals surface area contributed by atoms with Gasteiger partial charge in [0, 0.05) is 12.7 Å². The van der Waals surface area contributed by atoms with Gasteiger partial charge < -0.3 is 4.90 Å². The zero-order valence-corrected chi connectivity index (χ0v) is 9.73. The standard InChI is InChI=1S/C14H11F2NO/c1-17(11-6-4-5-10(15)9-11)14(18)12-7-2-3-8-13(12)16/h2-9H,1H3. The Bertz CT molecular complexity index is 584. The van der Waals surface area contributed by atoms with Gasteiger partial charge in [0.2, 0.25) is 0 Å². The number of hydrogen-bond acceptors (Lipinski definition) is 1. The average molecular weight is 247 g/mol. The van der Waals surface area contributed by atoms with E-state index in [1.807, 2.05) is 0 Å². The van der Waals surface area contributed by atoms with Crippen LogP contribution < -0.4 is 4.90 Å². The molecule has 0 aromatic heterocycles. The van der Waals surface area contributed by atoms with E-state index in [9.17, 15) is 13.6 Å². The Morgan fingerprint density at radius 3 is 2.44 bits per heavy atom. The van der Waals surface area contributed by atoms with Crippen molar-refractivity contribution >= 4 is 11.6 Å². The smallest absolute Gasteiger partial charge is 0.260 e. The number of hydrogen-bond donors (Lipinski definition) is 0. The maximum absolute atomic E-state index is 13.5. The molecule has 2 aromatic carbocycles. The van der Waals surface area contributed by atoms with E-state index in [2.05, 4.69) is 0 Å². The number of anilines is 1. The van der Waals surface area contributed by atoms with Crippen molar-refractivity contribution in [2.45, 2.75) is 0 Å². The lowest BCUT2D eigenvalue weighted by molar-refractivity contribution is 0.0989. The van der Waals surface area contributed by atoms with Crippen LogP contribution in [-0.4, -0.2) is 13.0 Å². The van der Waals surface area contributed by atoms with Gasteiger partial charge in [0.15, 0.2) is 0 Å². The summed E-state index contributed by atoms with van der Waals surface area (Å²) in [6.45, 7) is 0. The predicted molar refractivity (Wildman–Crippen MR) is 65.5 cm³/mol. The number of nitrogens with zero attached hydrogens (tertiary/aromatic N) is 1. The van der Waals surface area contributed by atoms with E-state index in [1.54, 1.807) is 12.1 Å². The predicted octanol–water partition coefficient (Wildman–Crippen LogP) is 3.24. The molecule has 92 valence electrons. The minimum atomic E-state index is -0.592. The Balaban J connectivity index is 2.32. The van der Waals surface area contributed by atoms with Gasteiger partial charge >= 0.3 is 0 Å². The third-order valence-corrected chi connectivity index (χ3v) is 2.60. The van der Waals surface area contributed by atoms with Crippen LogP contribution in [0, 0.1) is 11.6 Å². The molecule has 1 amide bonds. The van der Waals surface area contributed by atoms with Crippen LogP contribution in [0.3, 0.4) is 0 Å². The lowest BCUT2D eigenvalue weighted by Crippen LogP contribution is -2.27. The van der Waals surface area contributed by atoms with Gasteiger partial charge in [0.05, 0.1) is 5.56 Å². The fourth-order valence-electron chi connectivity index (χ4n) is 1.62. The minimum Gasteiger partial charge on any atom is -0.311 e. The number of rotatable bonds is 2. The second-order valence-corrected chi connectivity index (χ2v) is 3.82. The van der Waals surface area contributed by atoms with Crippen LogP contribution in [0.15, 0.2) is 48.5 Å². The van der Waals surface area contributed by atoms with Crippen molar-refractivity contribution in [1.82, 2.24) is 0 Å². The third kappa shape index (κ3) is 2.37. The van der Waals surface area contributed by atoms with E-state index in [-0.39, 0.29) is 5.56 Å². The van der Waals surface area contributed by atoms with Crippen LogP contribution in [0.4, 0.5) is 14.5 Å². The van der Waals surface area contributed by atoms with Gasteiger partial charge in [0.25, 0.3) is 5.91 Å². The van der Waals surface area contributed by atoms with Crippen LogP contribution >= 0.6 is 0 Å². The molecule has 0 heterocycles. The van der Waals surface area contributed by atoms with Crippen molar-refractivity contribution in [3.8, 4) is 0 Å². The first kappa shape index (κ1) is 12.2. The second kappa shape index (κ2) is 4.96. The highest BCUT2D eigenvalue weighted by molar-refractivity contribution is 6.05. The van der Waals surface area contributed by atoms with Gasteiger partial charge in [-0.1, -0.05) is 18.2 Å². The van der Waals surface area contributed by atoms with E-state index in [0.717, 1.165) is 0 Å². The molecular weight excluding hydrogens is 236 g/mol. The molecule has 0 bridgehead atoms. The Morgan fingerprint density at radius 1 is 1.06 bits per heavy atom. The second-order valence-electron chi connectivity index (χ2n) is 3.82. The number of carbonyl (C=O) groups is 1. The quantitative estimate of drug-likeness (QED) is 0.797. The normalized spacial score (nSPS) is 10.2. The number of carbonyl (C=O) groups excluding carboxylic acids is 1. The molecule has 0 aliphatic rings. The van der Waals surface area contributed by atoms with Crippen molar-refractivity contribution in [3.63, 3.8) is 0 Å². The fraction of sp³-hybridized carbons (Fsp3) is 0.0714. The van der Waals surface area contributed by atoms with Gasteiger partial charge in [-0.3, -0.25) is 4.79 Å². The summed E-state index contributed by atoms with van der Waals surface area (Å²) in [5.74, 6) is -1.55. The Morgan fingerprint density at radius 2 is 1.78 bits per heavy atom. The first-order valence-corrected chi connectivity index (χ1v) is 5.38. The Hall–Kier alpha value is -2.23. The number of benzene rings is 2. The summed E-state index contributed by atoms with van der Waals surface area (Å²) in [7, 11) is 1.48. The topological polar surface area (TPSA) is 20.3 Å². The summed E-state index contributed by atoms with van der Waals surface area (Å²) in [6, 6.07) is 11.3. The van der Waals surface area contributed by atoms with Gasteiger partial charge in [-0.05, 0) is 30.3 Å². The van der Waals surface area contributed by atoms with Crippen LogP contribution in [0.25, 0.3) is 0 Å². The summed E-state index contributed by atoms with van der Waals surface area (Å²) < 4.78 is 26.5. The molecule has 18 heavy (non-hydrogen) atoms. The van der Waals surface area contributed by atoms with Gasteiger partial charge in [-0.25, -0.2) is 8.78 Å². The molecule has 0 fully saturated rings. The van der Waals surface area contributed by atoms with Crippen molar-refractivity contribution in [2.24, 2.45) is 0 Å². The van der Waals surface area contributed by atoms with Gasteiger partial charge in [-0.2, -0.15) is 0 Å². The molecule has 0 N–H and O–H groups in total. The van der Waals surface area contributed by atoms with Gasteiger partial charge in [-0.15, -0.1) is 0 Å². The summed E-state index contributed by atoms with van der Waals surface area (Å²) >= 11 is 0. The van der Waals surface area contributed by atoms with Crippen molar-refractivity contribution in [2.75, 3.05) is 11.9 Å². The molecule has 0 aliphatic heterocycles. The van der Waals surface area contributed by atoms with Crippen molar-refractivity contribution in [1.29, 1.82) is 0 Å². The fourth-order valence-corrected chi connectivity index (χ4v) is 1.62. The van der Waals surface area contributed by atoms with E-state index >= 15 is 0 Å². The summed E-state index contributed by atoms with van der Waals surface area (Å²) in [4.78, 5) is 13.3. The molecule has 4 heteroatoms. The molecule has 2 rings (SSSR count). The van der Waals surface area contributed by atoms with E-state index in [0.29, 0.717) is 5.69 Å². The first-order valence-electron chi connectivity index (χ1n) is 5.38. The average Bonchev–Trinajstić information content (AvgIpc) is 2.37. The SMILES string of the molecule is CN(C(=O)c1ccccc1F)c1cccc(F)c1. The first-order chi connectivity index (χ1) is 8.59. The molecule has 0 spiro atoms. The highest BCUT2D eigenvalue weighted by Crippen LogP contribution is 2.17. The number of halogens is 2. The van der Waals surface area contributed by atoms with E-state index in [4.69, 9.17) is 0 Å². The third-order valence-electron chi connectivity index (χ3n) is 2.60. The molecule has 0 radical (unpaired) electrons. The summed E-state index contributed by atoms with van der Waals surface area (Å²) in [5.41, 5.74) is 0.340. The van der Waals surface area contributed by atoms with Crippen molar-refractivity contribution < 1.29 is 13.6 Å². The zero-order valence-electron chi connectivity index (χ0n) is 9.73. The molecule has 2 nitrogen and oxygen atoms in total. The minimum absolute atomic E-state index is 0.0377. The monoisotopic (exact) mass is 247 g/mol. The summed E-state index contributed by atoms with van der Waals surface area (Å²) in [6.07, 6.45) is 0. The molecule has 0 saturated carbocycles. The van der Waals surface area contributed by atoms with Crippen molar-refractivity contribution in [3.05, 3.63) is 65.7 Å². The number of amides is 1. The Labute approximate surface area is 103 Å². The Kier molecular flexibility index (Phi) is 3.37.